The highest BCUT2D eigenvalue weighted by atomic mass is 79.9. The van der Waals surface area contributed by atoms with Gasteiger partial charge >= 0.3 is 0 Å². The van der Waals surface area contributed by atoms with E-state index >= 15 is 0 Å². The van der Waals surface area contributed by atoms with Crippen LogP contribution in [0.2, 0.25) is 0 Å². The van der Waals surface area contributed by atoms with Gasteiger partial charge < -0.3 is 15.4 Å². The Morgan fingerprint density at radius 1 is 1.35 bits per heavy atom. The first kappa shape index (κ1) is 17.1. The summed E-state index contributed by atoms with van der Waals surface area (Å²) in [5.74, 6) is 0.0251. The van der Waals surface area contributed by atoms with E-state index in [1.165, 1.54) is 0 Å². The molecule has 1 aromatic rings. The molecule has 0 aromatic heterocycles. The van der Waals surface area contributed by atoms with Gasteiger partial charge in [-0.2, -0.15) is 0 Å². The van der Waals surface area contributed by atoms with E-state index in [2.05, 4.69) is 26.6 Å². The van der Waals surface area contributed by atoms with Crippen LogP contribution in [-0.4, -0.2) is 31.7 Å². The van der Waals surface area contributed by atoms with E-state index in [9.17, 15) is 4.79 Å². The van der Waals surface area contributed by atoms with Gasteiger partial charge in [0.25, 0.3) is 0 Å². The molecule has 112 valence electrons. The molecule has 1 unspecified atom stereocenters. The summed E-state index contributed by atoms with van der Waals surface area (Å²) in [6.07, 6.45) is 1.43. The lowest BCUT2D eigenvalue weighted by Crippen LogP contribution is -2.31. The van der Waals surface area contributed by atoms with E-state index < -0.39 is 0 Å². The van der Waals surface area contributed by atoms with E-state index in [0.717, 1.165) is 36.3 Å². The Morgan fingerprint density at radius 2 is 2.05 bits per heavy atom. The van der Waals surface area contributed by atoms with Gasteiger partial charge in [0, 0.05) is 35.8 Å². The zero-order valence-electron chi connectivity index (χ0n) is 12.1. The van der Waals surface area contributed by atoms with Crippen LogP contribution >= 0.6 is 15.9 Å². The molecule has 2 N–H and O–H groups in total. The minimum atomic E-state index is 0.0251. The van der Waals surface area contributed by atoms with E-state index in [1.807, 2.05) is 38.1 Å². The fourth-order valence-electron chi connectivity index (χ4n) is 1.76. The van der Waals surface area contributed by atoms with Gasteiger partial charge in [0.1, 0.15) is 0 Å². The van der Waals surface area contributed by atoms with Crippen molar-refractivity contribution < 1.29 is 9.53 Å². The third-order valence-corrected chi connectivity index (χ3v) is 3.31. The molecule has 0 heterocycles. The van der Waals surface area contributed by atoms with Crippen molar-refractivity contribution in [2.75, 3.05) is 25.1 Å². The van der Waals surface area contributed by atoms with Crippen molar-refractivity contribution in [1.29, 1.82) is 0 Å². The third kappa shape index (κ3) is 7.62. The molecule has 0 spiro atoms. The van der Waals surface area contributed by atoms with Gasteiger partial charge in [-0.1, -0.05) is 15.9 Å². The van der Waals surface area contributed by atoms with Crippen LogP contribution in [0.5, 0.6) is 0 Å². The van der Waals surface area contributed by atoms with Crippen molar-refractivity contribution in [2.45, 2.75) is 32.7 Å². The molecule has 1 rings (SSSR count). The predicted molar refractivity (Wildman–Crippen MR) is 86.0 cm³/mol. The van der Waals surface area contributed by atoms with Gasteiger partial charge in [0.15, 0.2) is 0 Å². The van der Waals surface area contributed by atoms with Gasteiger partial charge in [-0.3, -0.25) is 4.79 Å². The molecule has 0 aliphatic rings. The van der Waals surface area contributed by atoms with Crippen molar-refractivity contribution in [2.24, 2.45) is 0 Å². The molecular formula is C15H23BrN2O2. The van der Waals surface area contributed by atoms with Crippen molar-refractivity contribution in [3.8, 4) is 0 Å². The Bertz CT molecular complexity index is 395. The van der Waals surface area contributed by atoms with Crippen LogP contribution in [0.15, 0.2) is 28.7 Å². The number of hydrogen-bond donors (Lipinski definition) is 2. The maximum absolute atomic E-state index is 11.9. The van der Waals surface area contributed by atoms with E-state index in [4.69, 9.17) is 4.74 Å². The van der Waals surface area contributed by atoms with E-state index in [0.29, 0.717) is 6.42 Å². The minimum absolute atomic E-state index is 0.0251. The monoisotopic (exact) mass is 342 g/mol. The van der Waals surface area contributed by atoms with Crippen LogP contribution < -0.4 is 10.6 Å². The molecule has 0 bridgehead atoms. The molecule has 20 heavy (non-hydrogen) atoms. The average molecular weight is 343 g/mol. The molecule has 1 atom stereocenters. The second-order valence-electron chi connectivity index (χ2n) is 4.66. The standard InChI is InChI=1S/C15H23BrN2O2/c1-3-20-10-4-9-17-12(2)11-15(19)18-14-7-5-13(16)6-8-14/h5-8,12,17H,3-4,9-11H2,1-2H3,(H,18,19). The first-order valence-corrected chi connectivity index (χ1v) is 7.77. The van der Waals surface area contributed by atoms with Crippen molar-refractivity contribution in [3.63, 3.8) is 0 Å². The van der Waals surface area contributed by atoms with E-state index in [1.54, 1.807) is 0 Å². The number of amides is 1. The summed E-state index contributed by atoms with van der Waals surface area (Å²) < 4.78 is 6.26. The summed E-state index contributed by atoms with van der Waals surface area (Å²) in [6.45, 7) is 6.39. The lowest BCUT2D eigenvalue weighted by molar-refractivity contribution is -0.116. The number of nitrogens with one attached hydrogen (secondary N) is 2. The number of benzene rings is 1. The number of rotatable bonds is 9. The summed E-state index contributed by atoms with van der Waals surface area (Å²) >= 11 is 3.37. The number of halogens is 1. The van der Waals surface area contributed by atoms with Gasteiger partial charge in [-0.15, -0.1) is 0 Å². The molecule has 0 saturated heterocycles. The summed E-state index contributed by atoms with van der Waals surface area (Å²) in [5, 5.41) is 6.21. The number of carbonyl (C=O) groups is 1. The molecule has 0 radical (unpaired) electrons. The average Bonchev–Trinajstić information content (AvgIpc) is 2.41. The lowest BCUT2D eigenvalue weighted by atomic mass is 10.2. The topological polar surface area (TPSA) is 50.4 Å². The number of anilines is 1. The second kappa shape index (κ2) is 9.91. The lowest BCUT2D eigenvalue weighted by Gasteiger charge is -2.13. The molecule has 0 fully saturated rings. The molecule has 0 aliphatic carbocycles. The van der Waals surface area contributed by atoms with Crippen LogP contribution in [-0.2, 0) is 9.53 Å². The molecule has 1 amide bonds. The largest absolute Gasteiger partial charge is 0.382 e. The molecular weight excluding hydrogens is 320 g/mol. The Kier molecular flexibility index (Phi) is 8.49. The van der Waals surface area contributed by atoms with Crippen LogP contribution in [0, 0.1) is 0 Å². The highest BCUT2D eigenvalue weighted by molar-refractivity contribution is 9.10. The SMILES string of the molecule is CCOCCCNC(C)CC(=O)Nc1ccc(Br)cc1. The van der Waals surface area contributed by atoms with E-state index in [-0.39, 0.29) is 11.9 Å². The Balaban J connectivity index is 2.19. The minimum Gasteiger partial charge on any atom is -0.382 e. The summed E-state index contributed by atoms with van der Waals surface area (Å²) in [6, 6.07) is 7.73. The molecule has 4 nitrogen and oxygen atoms in total. The Labute approximate surface area is 129 Å². The third-order valence-electron chi connectivity index (χ3n) is 2.78. The predicted octanol–water partition coefficient (Wildman–Crippen LogP) is 3.18. The zero-order valence-corrected chi connectivity index (χ0v) is 13.7. The molecule has 1 aromatic carbocycles. The first-order valence-electron chi connectivity index (χ1n) is 6.98. The number of ether oxygens (including phenoxy) is 1. The van der Waals surface area contributed by atoms with Crippen molar-refractivity contribution >= 4 is 27.5 Å². The van der Waals surface area contributed by atoms with Crippen LogP contribution in [0.25, 0.3) is 0 Å². The highest BCUT2D eigenvalue weighted by Gasteiger charge is 2.08. The number of hydrogen-bond acceptors (Lipinski definition) is 3. The smallest absolute Gasteiger partial charge is 0.225 e. The quantitative estimate of drug-likeness (QED) is 0.677. The zero-order chi connectivity index (χ0) is 14.8. The normalized spacial score (nSPS) is 12.2. The molecule has 0 saturated carbocycles. The maximum atomic E-state index is 11.9. The number of carbonyl (C=O) groups excluding carboxylic acids is 1. The molecule has 0 aliphatic heterocycles. The summed E-state index contributed by atoms with van der Waals surface area (Å²) in [4.78, 5) is 11.9. The van der Waals surface area contributed by atoms with Crippen LogP contribution in [0.4, 0.5) is 5.69 Å². The Morgan fingerprint density at radius 3 is 2.70 bits per heavy atom. The summed E-state index contributed by atoms with van der Waals surface area (Å²) in [7, 11) is 0. The van der Waals surface area contributed by atoms with Gasteiger partial charge in [-0.25, -0.2) is 0 Å². The first-order chi connectivity index (χ1) is 9.61. The van der Waals surface area contributed by atoms with Gasteiger partial charge in [-0.05, 0) is 51.1 Å². The molecule has 5 heteroatoms. The fourth-order valence-corrected chi connectivity index (χ4v) is 2.03. The maximum Gasteiger partial charge on any atom is 0.225 e. The second-order valence-corrected chi connectivity index (χ2v) is 5.58. The van der Waals surface area contributed by atoms with Crippen LogP contribution in [0.3, 0.4) is 0 Å². The Hall–Kier alpha value is -0.910. The summed E-state index contributed by atoms with van der Waals surface area (Å²) in [5.41, 5.74) is 0.821. The van der Waals surface area contributed by atoms with Crippen LogP contribution in [0.1, 0.15) is 26.7 Å². The van der Waals surface area contributed by atoms with Gasteiger partial charge in [0.2, 0.25) is 5.91 Å². The fraction of sp³-hybridized carbons (Fsp3) is 0.533. The van der Waals surface area contributed by atoms with Crippen molar-refractivity contribution in [1.82, 2.24) is 5.32 Å². The highest BCUT2D eigenvalue weighted by Crippen LogP contribution is 2.14. The van der Waals surface area contributed by atoms with Gasteiger partial charge in [0.05, 0.1) is 0 Å². The van der Waals surface area contributed by atoms with Crippen molar-refractivity contribution in [3.05, 3.63) is 28.7 Å².